The largest absolute Gasteiger partial charge is 0.371 e. The number of rotatable bonds is 3. The molecule has 0 N–H and O–H groups in total. The first-order valence-electron chi connectivity index (χ1n) is 7.39. The Morgan fingerprint density at radius 3 is 2.50 bits per heavy atom. The van der Waals surface area contributed by atoms with E-state index in [1.807, 2.05) is 6.07 Å². The molecule has 3 nitrogen and oxygen atoms in total. The third kappa shape index (κ3) is 2.25. The van der Waals surface area contributed by atoms with Crippen molar-refractivity contribution < 1.29 is 9.18 Å². The number of nitrogens with zero attached hydrogens (tertiary/aromatic N) is 2. The maximum absolute atomic E-state index is 13.7. The van der Waals surface area contributed by atoms with E-state index in [0.29, 0.717) is 0 Å². The van der Waals surface area contributed by atoms with Gasteiger partial charge in [0.1, 0.15) is 11.4 Å². The molecule has 2 fully saturated rings. The summed E-state index contributed by atoms with van der Waals surface area (Å²) in [7, 11) is 0. The molecule has 2 aliphatic rings. The van der Waals surface area contributed by atoms with Gasteiger partial charge in [-0.15, -0.1) is 0 Å². The molecule has 1 aromatic carbocycles. The predicted molar refractivity (Wildman–Crippen MR) is 76.1 cm³/mol. The maximum atomic E-state index is 13.7. The van der Waals surface area contributed by atoms with E-state index in [0.717, 1.165) is 62.9 Å². The van der Waals surface area contributed by atoms with Crippen LogP contribution < -0.4 is 4.90 Å². The van der Waals surface area contributed by atoms with E-state index in [1.165, 1.54) is 6.07 Å². The monoisotopic (exact) mass is 274 g/mol. The summed E-state index contributed by atoms with van der Waals surface area (Å²) in [5.74, 6) is -0.223. The Kier molecular flexibility index (Phi) is 3.58. The minimum Gasteiger partial charge on any atom is -0.371 e. The van der Waals surface area contributed by atoms with Crippen LogP contribution in [-0.4, -0.2) is 19.2 Å². The lowest BCUT2D eigenvalue weighted by Crippen LogP contribution is -2.26. The second-order valence-corrected chi connectivity index (χ2v) is 5.80. The Morgan fingerprint density at radius 2 is 1.85 bits per heavy atom. The number of anilines is 1. The van der Waals surface area contributed by atoms with Crippen molar-refractivity contribution >= 4 is 11.8 Å². The van der Waals surface area contributed by atoms with Crippen LogP contribution in [0.3, 0.4) is 0 Å². The van der Waals surface area contributed by atoms with Crippen molar-refractivity contribution in [3.8, 4) is 0 Å². The topological polar surface area (TPSA) is 32.7 Å². The first kappa shape index (κ1) is 13.3. The molecule has 0 bridgehead atoms. The zero-order valence-electron chi connectivity index (χ0n) is 11.6. The standard InChI is InChI=1S/C16H19FN2O/c17-13-5-6-14(15(11-13)19-9-3-4-10-19)16(18-12-20)7-1-2-8-16/h5-6,11H,1-4,7-10H2. The molecule has 0 spiro atoms. The van der Waals surface area contributed by atoms with Crippen molar-refractivity contribution in [2.75, 3.05) is 18.0 Å². The summed E-state index contributed by atoms with van der Waals surface area (Å²) < 4.78 is 13.7. The Balaban J connectivity index is 2.09. The van der Waals surface area contributed by atoms with Gasteiger partial charge >= 0.3 is 0 Å². The molecule has 1 aliphatic heterocycles. The SMILES string of the molecule is O=C=NC1(c2ccc(F)cc2N2CCCC2)CCCC1. The highest BCUT2D eigenvalue weighted by Gasteiger charge is 2.38. The number of isocyanates is 1. The molecular formula is C16H19FN2O. The molecule has 0 aromatic heterocycles. The fourth-order valence-electron chi connectivity index (χ4n) is 3.61. The van der Waals surface area contributed by atoms with Crippen molar-refractivity contribution in [1.29, 1.82) is 0 Å². The number of hydrogen-bond donors (Lipinski definition) is 0. The quantitative estimate of drug-likeness (QED) is 0.624. The van der Waals surface area contributed by atoms with Crippen LogP contribution in [0.1, 0.15) is 44.1 Å². The summed E-state index contributed by atoms with van der Waals surface area (Å²) >= 11 is 0. The Morgan fingerprint density at radius 1 is 1.15 bits per heavy atom. The van der Waals surface area contributed by atoms with Crippen LogP contribution in [-0.2, 0) is 10.3 Å². The van der Waals surface area contributed by atoms with Gasteiger partial charge in [0.15, 0.2) is 0 Å². The van der Waals surface area contributed by atoms with Gasteiger partial charge in [0, 0.05) is 24.3 Å². The molecular weight excluding hydrogens is 255 g/mol. The normalized spacial score (nSPS) is 20.9. The van der Waals surface area contributed by atoms with E-state index >= 15 is 0 Å². The van der Waals surface area contributed by atoms with Crippen LogP contribution >= 0.6 is 0 Å². The number of hydrogen-bond acceptors (Lipinski definition) is 3. The van der Waals surface area contributed by atoms with Gasteiger partial charge in [0.25, 0.3) is 0 Å². The lowest BCUT2D eigenvalue weighted by molar-refractivity contribution is 0.455. The summed E-state index contributed by atoms with van der Waals surface area (Å²) in [6, 6.07) is 4.89. The third-order valence-corrected chi connectivity index (χ3v) is 4.60. The Labute approximate surface area is 118 Å². The molecule has 1 aliphatic carbocycles. The molecule has 1 heterocycles. The first-order chi connectivity index (χ1) is 9.75. The highest BCUT2D eigenvalue weighted by Crippen LogP contribution is 2.46. The van der Waals surface area contributed by atoms with E-state index in [4.69, 9.17) is 0 Å². The van der Waals surface area contributed by atoms with E-state index in [2.05, 4.69) is 9.89 Å². The Hall–Kier alpha value is -1.67. The summed E-state index contributed by atoms with van der Waals surface area (Å²) in [6.07, 6.45) is 7.85. The zero-order valence-corrected chi connectivity index (χ0v) is 11.6. The summed E-state index contributed by atoms with van der Waals surface area (Å²) in [6.45, 7) is 1.91. The van der Waals surface area contributed by atoms with E-state index in [-0.39, 0.29) is 5.82 Å². The van der Waals surface area contributed by atoms with Crippen molar-refractivity contribution in [3.05, 3.63) is 29.6 Å². The molecule has 1 saturated heterocycles. The fourth-order valence-corrected chi connectivity index (χ4v) is 3.61. The molecule has 3 rings (SSSR count). The smallest absolute Gasteiger partial charge is 0.235 e. The fraction of sp³-hybridized carbons (Fsp3) is 0.562. The van der Waals surface area contributed by atoms with Gasteiger partial charge in [-0.05, 0) is 37.8 Å². The van der Waals surface area contributed by atoms with Gasteiger partial charge in [0.2, 0.25) is 6.08 Å². The van der Waals surface area contributed by atoms with Gasteiger partial charge in [-0.25, -0.2) is 9.18 Å². The molecule has 4 heteroatoms. The molecule has 0 unspecified atom stereocenters. The van der Waals surface area contributed by atoms with Crippen molar-refractivity contribution in [2.45, 2.75) is 44.1 Å². The molecule has 1 aromatic rings. The van der Waals surface area contributed by atoms with Crippen LogP contribution in [0.25, 0.3) is 0 Å². The second-order valence-electron chi connectivity index (χ2n) is 5.80. The highest BCUT2D eigenvalue weighted by atomic mass is 19.1. The van der Waals surface area contributed by atoms with Crippen molar-refractivity contribution in [2.24, 2.45) is 4.99 Å². The number of halogens is 1. The third-order valence-electron chi connectivity index (χ3n) is 4.60. The van der Waals surface area contributed by atoms with Crippen LogP contribution in [0.15, 0.2) is 23.2 Å². The van der Waals surface area contributed by atoms with Crippen LogP contribution in [0, 0.1) is 5.82 Å². The molecule has 20 heavy (non-hydrogen) atoms. The van der Waals surface area contributed by atoms with E-state index in [9.17, 15) is 9.18 Å². The van der Waals surface area contributed by atoms with Gasteiger partial charge in [-0.1, -0.05) is 18.9 Å². The van der Waals surface area contributed by atoms with Crippen LogP contribution in [0.4, 0.5) is 10.1 Å². The molecule has 1 saturated carbocycles. The molecule has 0 radical (unpaired) electrons. The predicted octanol–water partition coefficient (Wildman–Crippen LogP) is 3.53. The highest BCUT2D eigenvalue weighted by molar-refractivity contribution is 5.59. The van der Waals surface area contributed by atoms with Crippen molar-refractivity contribution in [1.82, 2.24) is 0 Å². The zero-order chi connectivity index (χ0) is 14.0. The van der Waals surface area contributed by atoms with Gasteiger partial charge in [0.05, 0.1) is 0 Å². The lowest BCUT2D eigenvalue weighted by atomic mass is 9.87. The van der Waals surface area contributed by atoms with E-state index in [1.54, 1.807) is 12.1 Å². The Bertz CT molecular complexity index is 539. The molecule has 0 atom stereocenters. The minimum absolute atomic E-state index is 0.223. The van der Waals surface area contributed by atoms with Gasteiger partial charge in [-0.2, -0.15) is 4.99 Å². The summed E-state index contributed by atoms with van der Waals surface area (Å²) in [5.41, 5.74) is 1.44. The van der Waals surface area contributed by atoms with Gasteiger partial charge < -0.3 is 4.90 Å². The number of benzene rings is 1. The average molecular weight is 274 g/mol. The van der Waals surface area contributed by atoms with E-state index < -0.39 is 5.54 Å². The molecule has 106 valence electrons. The minimum atomic E-state index is -0.479. The number of carbonyl (C=O) groups excluding carboxylic acids is 1. The molecule has 0 amide bonds. The summed E-state index contributed by atoms with van der Waals surface area (Å²) in [4.78, 5) is 17.2. The van der Waals surface area contributed by atoms with Crippen molar-refractivity contribution in [3.63, 3.8) is 0 Å². The van der Waals surface area contributed by atoms with Gasteiger partial charge in [-0.3, -0.25) is 0 Å². The average Bonchev–Trinajstić information content (AvgIpc) is 3.10. The van der Waals surface area contributed by atoms with Crippen LogP contribution in [0.5, 0.6) is 0 Å². The number of aliphatic imine (C=N–C) groups is 1. The maximum Gasteiger partial charge on any atom is 0.235 e. The lowest BCUT2D eigenvalue weighted by Gasteiger charge is -2.30. The van der Waals surface area contributed by atoms with Crippen LogP contribution in [0.2, 0.25) is 0 Å². The summed E-state index contributed by atoms with van der Waals surface area (Å²) in [5, 5.41) is 0. The first-order valence-corrected chi connectivity index (χ1v) is 7.39. The second kappa shape index (κ2) is 5.37.